The van der Waals surface area contributed by atoms with Crippen molar-refractivity contribution in [3.63, 3.8) is 0 Å². The fraction of sp³-hybridized carbons (Fsp3) is 0.308. The van der Waals surface area contributed by atoms with E-state index in [1.807, 2.05) is 48.0 Å². The van der Waals surface area contributed by atoms with E-state index in [1.54, 1.807) is 0 Å². The number of amides is 1. The van der Waals surface area contributed by atoms with Crippen LogP contribution in [0.4, 0.5) is 0 Å². The molecule has 1 amide bonds. The molecule has 0 unspecified atom stereocenters. The zero-order chi connectivity index (χ0) is 13.8. The van der Waals surface area contributed by atoms with Gasteiger partial charge < -0.3 is 5.32 Å². The lowest BCUT2D eigenvalue weighted by Crippen LogP contribution is -2.33. The van der Waals surface area contributed by atoms with Gasteiger partial charge in [0.05, 0.1) is 11.6 Å². The van der Waals surface area contributed by atoms with Gasteiger partial charge in [-0.15, -0.1) is 0 Å². The predicted octanol–water partition coefficient (Wildman–Crippen LogP) is 2.09. The number of fused-ring (bicyclic) bond motifs is 1. The Morgan fingerprint density at radius 3 is 3.05 bits per heavy atom. The summed E-state index contributed by atoms with van der Waals surface area (Å²) in [5.74, 6) is -0.308. The normalized spacial score (nSPS) is 12.1. The Morgan fingerprint density at radius 1 is 1.63 bits per heavy atom. The van der Waals surface area contributed by atoms with Crippen molar-refractivity contribution in [1.82, 2.24) is 14.7 Å². The molecule has 0 spiro atoms. The Labute approximate surface area is 115 Å². The molecule has 2 aromatic heterocycles. The van der Waals surface area contributed by atoms with E-state index in [1.165, 1.54) is 11.8 Å². The number of nitrogens with one attached hydrogen (secondary N) is 1. The summed E-state index contributed by atoms with van der Waals surface area (Å²) in [7, 11) is 0. The summed E-state index contributed by atoms with van der Waals surface area (Å²) in [5, 5.41) is 12.3. The molecular weight excluding hydrogens is 260 g/mol. The molecule has 0 radical (unpaired) electrons. The first-order chi connectivity index (χ1) is 9.21. The first-order valence-corrected chi connectivity index (χ1v) is 7.15. The summed E-state index contributed by atoms with van der Waals surface area (Å²) in [5.41, 5.74) is 1.11. The molecule has 0 fully saturated rings. The first kappa shape index (κ1) is 13.4. The highest BCUT2D eigenvalue weighted by molar-refractivity contribution is 7.98. The third kappa shape index (κ3) is 2.56. The average Bonchev–Trinajstić information content (AvgIpc) is 2.83. The molecule has 1 N–H and O–H groups in total. The minimum atomic E-state index is -0.481. The third-order valence-electron chi connectivity index (χ3n) is 2.78. The van der Waals surface area contributed by atoms with Gasteiger partial charge in [-0.25, -0.2) is 4.98 Å². The second-order valence-electron chi connectivity index (χ2n) is 3.97. The van der Waals surface area contributed by atoms with Crippen molar-refractivity contribution >= 4 is 23.2 Å². The Balaban J connectivity index is 2.40. The molecular formula is C13H14N4OS. The van der Waals surface area contributed by atoms with Crippen LogP contribution in [0.1, 0.15) is 23.8 Å². The van der Waals surface area contributed by atoms with Gasteiger partial charge in [0.25, 0.3) is 5.91 Å². The molecule has 19 heavy (non-hydrogen) atoms. The molecule has 5 nitrogen and oxygen atoms in total. The summed E-state index contributed by atoms with van der Waals surface area (Å²) >= 11 is 1.47. The van der Waals surface area contributed by atoms with Crippen LogP contribution >= 0.6 is 11.8 Å². The number of thioether (sulfide) groups is 1. The molecule has 0 aliphatic carbocycles. The van der Waals surface area contributed by atoms with Crippen LogP contribution in [0, 0.1) is 11.3 Å². The summed E-state index contributed by atoms with van der Waals surface area (Å²) in [6, 6.07) is 7.16. The van der Waals surface area contributed by atoms with E-state index in [9.17, 15) is 4.79 Å². The summed E-state index contributed by atoms with van der Waals surface area (Å²) in [6.07, 6.45) is 4.35. The molecule has 2 aromatic rings. The minimum Gasteiger partial charge on any atom is -0.335 e. The largest absolute Gasteiger partial charge is 0.335 e. The number of rotatable bonds is 4. The van der Waals surface area contributed by atoms with Crippen LogP contribution in [0.15, 0.2) is 29.6 Å². The van der Waals surface area contributed by atoms with Gasteiger partial charge in [0.15, 0.2) is 10.9 Å². The van der Waals surface area contributed by atoms with Gasteiger partial charge in [0.2, 0.25) is 0 Å². The highest BCUT2D eigenvalue weighted by Gasteiger charge is 2.18. The number of pyridine rings is 1. The Kier molecular flexibility index (Phi) is 4.07. The molecule has 0 bridgehead atoms. The van der Waals surface area contributed by atoms with Gasteiger partial charge >= 0.3 is 0 Å². The Hall–Kier alpha value is -2.00. The summed E-state index contributed by atoms with van der Waals surface area (Å²) in [6.45, 7) is 1.85. The first-order valence-electron chi connectivity index (χ1n) is 5.92. The van der Waals surface area contributed by atoms with E-state index < -0.39 is 6.04 Å². The number of carbonyl (C=O) groups is 1. The fourth-order valence-electron chi connectivity index (χ4n) is 1.77. The van der Waals surface area contributed by atoms with Crippen LogP contribution in [0.2, 0.25) is 0 Å². The molecule has 0 saturated heterocycles. The SMILES string of the molecule is CC[C@@H](C#N)NC(=O)c1nc(SC)n2ccccc12. The van der Waals surface area contributed by atoms with Crippen LogP contribution in [0.5, 0.6) is 0 Å². The van der Waals surface area contributed by atoms with E-state index in [0.29, 0.717) is 12.1 Å². The fourth-order valence-corrected chi connectivity index (χ4v) is 2.31. The highest BCUT2D eigenvalue weighted by Crippen LogP contribution is 2.19. The van der Waals surface area contributed by atoms with E-state index >= 15 is 0 Å². The van der Waals surface area contributed by atoms with Crippen molar-refractivity contribution in [2.45, 2.75) is 24.5 Å². The van der Waals surface area contributed by atoms with E-state index in [4.69, 9.17) is 5.26 Å². The van der Waals surface area contributed by atoms with Crippen molar-refractivity contribution in [2.24, 2.45) is 0 Å². The zero-order valence-electron chi connectivity index (χ0n) is 10.8. The molecule has 0 aromatic carbocycles. The molecule has 0 aliphatic heterocycles. The number of nitrogens with zero attached hydrogens (tertiary/aromatic N) is 3. The molecule has 98 valence electrons. The van der Waals surface area contributed by atoms with Gasteiger partial charge in [-0.1, -0.05) is 24.8 Å². The molecule has 1 atom stereocenters. The molecule has 0 saturated carbocycles. The maximum Gasteiger partial charge on any atom is 0.273 e. The highest BCUT2D eigenvalue weighted by atomic mass is 32.2. The molecule has 2 rings (SSSR count). The standard InChI is InChI=1S/C13H14N4OS/c1-3-9(8-14)15-12(18)11-10-6-4-5-7-17(10)13(16-11)19-2/h4-7,9H,3H2,1-2H3,(H,15,18)/t9-/m0/s1. The van der Waals surface area contributed by atoms with Crippen LogP contribution < -0.4 is 5.32 Å². The number of carbonyl (C=O) groups excluding carboxylic acids is 1. The van der Waals surface area contributed by atoms with Crippen molar-refractivity contribution in [1.29, 1.82) is 5.26 Å². The van der Waals surface area contributed by atoms with Crippen LogP contribution in [0.3, 0.4) is 0 Å². The second-order valence-corrected chi connectivity index (χ2v) is 4.74. The number of hydrogen-bond acceptors (Lipinski definition) is 4. The summed E-state index contributed by atoms with van der Waals surface area (Å²) in [4.78, 5) is 16.5. The zero-order valence-corrected chi connectivity index (χ0v) is 11.6. The van der Waals surface area contributed by atoms with E-state index in [-0.39, 0.29) is 5.91 Å². The Bertz CT molecular complexity index is 644. The monoisotopic (exact) mass is 274 g/mol. The predicted molar refractivity (Wildman–Crippen MR) is 74.1 cm³/mol. The van der Waals surface area contributed by atoms with Crippen molar-refractivity contribution < 1.29 is 4.79 Å². The van der Waals surface area contributed by atoms with Crippen molar-refractivity contribution in [3.05, 3.63) is 30.1 Å². The number of hydrogen-bond donors (Lipinski definition) is 1. The molecule has 6 heteroatoms. The van der Waals surface area contributed by atoms with Gasteiger partial charge in [-0.3, -0.25) is 9.20 Å². The summed E-state index contributed by atoms with van der Waals surface area (Å²) < 4.78 is 1.87. The van der Waals surface area contributed by atoms with Gasteiger partial charge in [0.1, 0.15) is 6.04 Å². The molecule has 2 heterocycles. The average molecular weight is 274 g/mol. The lowest BCUT2D eigenvalue weighted by Gasteiger charge is -2.07. The quantitative estimate of drug-likeness (QED) is 0.867. The van der Waals surface area contributed by atoms with Gasteiger partial charge in [-0.2, -0.15) is 5.26 Å². The topological polar surface area (TPSA) is 70.2 Å². The smallest absolute Gasteiger partial charge is 0.273 e. The number of nitriles is 1. The lowest BCUT2D eigenvalue weighted by molar-refractivity contribution is 0.0941. The lowest BCUT2D eigenvalue weighted by atomic mass is 10.2. The van der Waals surface area contributed by atoms with Crippen molar-refractivity contribution in [3.8, 4) is 6.07 Å². The minimum absolute atomic E-state index is 0.308. The Morgan fingerprint density at radius 2 is 2.42 bits per heavy atom. The third-order valence-corrected chi connectivity index (χ3v) is 3.44. The van der Waals surface area contributed by atoms with Gasteiger partial charge in [0, 0.05) is 6.20 Å². The number of imidazole rings is 1. The van der Waals surface area contributed by atoms with Crippen molar-refractivity contribution in [2.75, 3.05) is 6.26 Å². The van der Waals surface area contributed by atoms with Gasteiger partial charge in [-0.05, 0) is 24.8 Å². The number of aromatic nitrogens is 2. The van der Waals surface area contributed by atoms with Crippen LogP contribution in [-0.4, -0.2) is 27.6 Å². The maximum absolute atomic E-state index is 12.2. The van der Waals surface area contributed by atoms with Crippen LogP contribution in [0.25, 0.3) is 5.52 Å². The van der Waals surface area contributed by atoms with Crippen LogP contribution in [-0.2, 0) is 0 Å². The maximum atomic E-state index is 12.2. The van der Waals surface area contributed by atoms with E-state index in [0.717, 1.165) is 10.7 Å². The molecule has 0 aliphatic rings. The van der Waals surface area contributed by atoms with E-state index in [2.05, 4.69) is 10.3 Å². The second kappa shape index (κ2) is 5.76.